The number of aromatic nitrogens is 2. The molecule has 0 bridgehead atoms. The van der Waals surface area contributed by atoms with Crippen LogP contribution in [0.25, 0.3) is 11.3 Å². The maximum absolute atomic E-state index is 13.7. The molecule has 3 rings (SSSR count). The number of hydrogen-bond acceptors (Lipinski definition) is 8. The van der Waals surface area contributed by atoms with Gasteiger partial charge in [0.05, 0.1) is 23.3 Å². The zero-order valence-corrected chi connectivity index (χ0v) is 18.5. The van der Waals surface area contributed by atoms with Gasteiger partial charge in [-0.3, -0.25) is 10.1 Å². The van der Waals surface area contributed by atoms with Crippen molar-refractivity contribution in [2.45, 2.75) is 26.3 Å². The average Bonchev–Trinajstić information content (AvgIpc) is 2.77. The molecule has 3 aromatic rings. The number of nitrogens with zero attached hydrogens (tertiary/aromatic N) is 3. The van der Waals surface area contributed by atoms with Crippen LogP contribution in [0.4, 0.5) is 40.7 Å². The molecular formula is C22H21F4N5O4. The first-order valence-corrected chi connectivity index (χ1v) is 10.3. The van der Waals surface area contributed by atoms with Crippen LogP contribution in [0.3, 0.4) is 0 Å². The van der Waals surface area contributed by atoms with Gasteiger partial charge in [-0.1, -0.05) is 26.0 Å². The van der Waals surface area contributed by atoms with Crippen molar-refractivity contribution in [3.8, 4) is 17.0 Å². The van der Waals surface area contributed by atoms with E-state index in [1.54, 1.807) is 0 Å². The lowest BCUT2D eigenvalue weighted by Gasteiger charge is -2.21. The Kier molecular flexibility index (Phi) is 7.69. The summed E-state index contributed by atoms with van der Waals surface area (Å²) >= 11 is 0. The van der Waals surface area contributed by atoms with Crippen LogP contribution in [0, 0.1) is 21.8 Å². The molecule has 0 aliphatic rings. The molecule has 0 unspecified atom stereocenters. The van der Waals surface area contributed by atoms with Crippen molar-refractivity contribution in [2.24, 2.45) is 5.92 Å². The molecule has 35 heavy (non-hydrogen) atoms. The zero-order chi connectivity index (χ0) is 25.8. The maximum atomic E-state index is 13.7. The van der Waals surface area contributed by atoms with Gasteiger partial charge in [0.15, 0.2) is 0 Å². The molecular weight excluding hydrogens is 474 g/mol. The topological polar surface area (TPSA) is 122 Å². The molecule has 1 heterocycles. The quantitative estimate of drug-likeness (QED) is 0.209. The fraction of sp³-hybridized carbons (Fsp3) is 0.273. The van der Waals surface area contributed by atoms with Crippen LogP contribution in [0.15, 0.2) is 48.5 Å². The molecule has 0 fully saturated rings. The van der Waals surface area contributed by atoms with Gasteiger partial charge in [-0.05, 0) is 30.2 Å². The SMILES string of the molecule is CC(C)[C@H](CO)Nc1nc(Nc2ccc(F)c([N+](=O)[O-])c2)cc(-c2cccc(OC(F)(F)F)c2)n1. The third-order valence-electron chi connectivity index (χ3n) is 4.82. The third-order valence-corrected chi connectivity index (χ3v) is 4.82. The molecule has 0 spiro atoms. The Bertz CT molecular complexity index is 1210. The van der Waals surface area contributed by atoms with Gasteiger partial charge in [-0.25, -0.2) is 4.98 Å². The van der Waals surface area contributed by atoms with Crippen LogP contribution < -0.4 is 15.4 Å². The summed E-state index contributed by atoms with van der Waals surface area (Å²) in [4.78, 5) is 18.8. The summed E-state index contributed by atoms with van der Waals surface area (Å²) in [5.41, 5.74) is -0.157. The van der Waals surface area contributed by atoms with Crippen molar-refractivity contribution in [2.75, 3.05) is 17.2 Å². The Morgan fingerprint density at radius 3 is 2.51 bits per heavy atom. The number of nitrogens with one attached hydrogen (secondary N) is 2. The minimum absolute atomic E-state index is 0.0214. The van der Waals surface area contributed by atoms with Crippen molar-refractivity contribution in [1.29, 1.82) is 0 Å². The Labute approximate surface area is 196 Å². The fourth-order valence-electron chi connectivity index (χ4n) is 3.04. The number of ether oxygens (including phenoxy) is 1. The highest BCUT2D eigenvalue weighted by atomic mass is 19.4. The standard InChI is InChI=1S/C22H21F4N5O4/c1-12(2)18(11-32)29-21-28-17(13-4-3-5-15(8-13)35-22(24,25)26)10-20(30-21)27-14-6-7-16(23)19(9-14)31(33)34/h3-10,12,18,32H,11H2,1-2H3,(H2,27,28,29,30)/t18-/m0/s1. The lowest BCUT2D eigenvalue weighted by Crippen LogP contribution is -2.30. The van der Waals surface area contributed by atoms with Crippen LogP contribution in [0.2, 0.25) is 0 Å². The highest BCUT2D eigenvalue weighted by Gasteiger charge is 2.31. The normalized spacial score (nSPS) is 12.3. The van der Waals surface area contributed by atoms with E-state index in [4.69, 9.17) is 0 Å². The first kappa shape index (κ1) is 25.6. The predicted molar refractivity (Wildman–Crippen MR) is 120 cm³/mol. The van der Waals surface area contributed by atoms with Crippen molar-refractivity contribution in [3.63, 3.8) is 0 Å². The zero-order valence-electron chi connectivity index (χ0n) is 18.5. The van der Waals surface area contributed by atoms with Crippen molar-refractivity contribution >= 4 is 23.1 Å². The van der Waals surface area contributed by atoms with Crippen LogP contribution in [-0.4, -0.2) is 39.0 Å². The van der Waals surface area contributed by atoms with Gasteiger partial charge in [-0.2, -0.15) is 9.37 Å². The van der Waals surface area contributed by atoms with E-state index < -0.39 is 34.6 Å². The Hall–Kier alpha value is -4.00. The highest BCUT2D eigenvalue weighted by molar-refractivity contribution is 5.69. The van der Waals surface area contributed by atoms with Gasteiger partial charge >= 0.3 is 12.0 Å². The average molecular weight is 495 g/mol. The molecule has 0 aliphatic carbocycles. The van der Waals surface area contributed by atoms with Crippen molar-refractivity contribution in [3.05, 3.63) is 64.5 Å². The molecule has 1 atom stereocenters. The van der Waals surface area contributed by atoms with E-state index in [-0.39, 0.29) is 41.2 Å². The number of aliphatic hydroxyl groups is 1. The smallest absolute Gasteiger partial charge is 0.406 e. The van der Waals surface area contributed by atoms with Gasteiger partial charge in [0.2, 0.25) is 11.8 Å². The Morgan fingerprint density at radius 2 is 1.89 bits per heavy atom. The largest absolute Gasteiger partial charge is 0.573 e. The molecule has 0 radical (unpaired) electrons. The Morgan fingerprint density at radius 1 is 1.14 bits per heavy atom. The molecule has 0 saturated carbocycles. The van der Waals surface area contributed by atoms with E-state index in [9.17, 15) is 32.8 Å². The van der Waals surface area contributed by atoms with Crippen LogP contribution in [0.1, 0.15) is 13.8 Å². The molecule has 2 aromatic carbocycles. The molecule has 1 aromatic heterocycles. The summed E-state index contributed by atoms with van der Waals surface area (Å²) in [6.07, 6.45) is -4.88. The summed E-state index contributed by atoms with van der Waals surface area (Å²) in [7, 11) is 0. The first-order chi connectivity index (χ1) is 16.4. The monoisotopic (exact) mass is 495 g/mol. The molecule has 0 aliphatic heterocycles. The molecule has 186 valence electrons. The molecule has 0 saturated heterocycles. The summed E-state index contributed by atoms with van der Waals surface area (Å²) in [6.45, 7) is 3.46. The summed E-state index contributed by atoms with van der Waals surface area (Å²) in [5, 5.41) is 26.5. The van der Waals surface area contributed by atoms with Gasteiger partial charge < -0.3 is 20.5 Å². The van der Waals surface area contributed by atoms with Crippen LogP contribution in [0.5, 0.6) is 5.75 Å². The number of benzene rings is 2. The number of nitro benzene ring substituents is 1. The maximum Gasteiger partial charge on any atom is 0.573 e. The molecule has 9 nitrogen and oxygen atoms in total. The van der Waals surface area contributed by atoms with E-state index in [1.807, 2.05) is 13.8 Å². The lowest BCUT2D eigenvalue weighted by atomic mass is 10.1. The van der Waals surface area contributed by atoms with E-state index in [1.165, 1.54) is 24.3 Å². The summed E-state index contributed by atoms with van der Waals surface area (Å²) in [6, 6.07) is 9.25. The molecule has 3 N–H and O–H groups in total. The summed E-state index contributed by atoms with van der Waals surface area (Å²) < 4.78 is 55.6. The number of anilines is 3. The van der Waals surface area contributed by atoms with Gasteiger partial charge in [0, 0.05) is 23.4 Å². The van der Waals surface area contributed by atoms with Gasteiger partial charge in [-0.15, -0.1) is 13.2 Å². The minimum Gasteiger partial charge on any atom is -0.406 e. The van der Waals surface area contributed by atoms with E-state index in [0.717, 1.165) is 24.3 Å². The van der Waals surface area contributed by atoms with Crippen LogP contribution in [-0.2, 0) is 0 Å². The third kappa shape index (κ3) is 6.99. The number of halogens is 4. The van der Waals surface area contributed by atoms with Crippen molar-refractivity contribution < 1.29 is 32.3 Å². The van der Waals surface area contributed by atoms with Crippen molar-refractivity contribution in [1.82, 2.24) is 9.97 Å². The van der Waals surface area contributed by atoms with E-state index >= 15 is 0 Å². The lowest BCUT2D eigenvalue weighted by molar-refractivity contribution is -0.387. The second-order valence-electron chi connectivity index (χ2n) is 7.76. The molecule has 0 amide bonds. The number of rotatable bonds is 9. The fourth-order valence-corrected chi connectivity index (χ4v) is 3.04. The number of alkyl halides is 3. The van der Waals surface area contributed by atoms with E-state index in [2.05, 4.69) is 25.3 Å². The second kappa shape index (κ2) is 10.5. The minimum atomic E-state index is -4.88. The highest BCUT2D eigenvalue weighted by Crippen LogP contribution is 2.30. The second-order valence-corrected chi connectivity index (χ2v) is 7.76. The number of hydrogen-bond donors (Lipinski definition) is 3. The first-order valence-electron chi connectivity index (χ1n) is 10.3. The Balaban J connectivity index is 2.03. The van der Waals surface area contributed by atoms with Gasteiger partial charge in [0.1, 0.15) is 11.6 Å². The number of aliphatic hydroxyl groups excluding tert-OH is 1. The number of nitro groups is 1. The molecule has 13 heteroatoms. The summed E-state index contributed by atoms with van der Waals surface area (Å²) in [5.74, 6) is -1.35. The van der Waals surface area contributed by atoms with Crippen LogP contribution >= 0.6 is 0 Å². The predicted octanol–water partition coefficient (Wildman–Crippen LogP) is 5.26. The van der Waals surface area contributed by atoms with E-state index in [0.29, 0.717) is 0 Å². The van der Waals surface area contributed by atoms with Gasteiger partial charge in [0.25, 0.3) is 0 Å².